The van der Waals surface area contributed by atoms with E-state index in [-0.39, 0.29) is 29.9 Å². The maximum absolute atomic E-state index is 12.5. The Morgan fingerprint density at radius 3 is 1.02 bits per heavy atom. The number of pyridine rings is 4. The van der Waals surface area contributed by atoms with Crippen LogP contribution in [0.3, 0.4) is 0 Å². The standard InChI is InChI=1S/C31H33N7O.C30H31N7O.C26H23N5O.C25H21N5O/c1-36(2)20-28(39)37-15-12-21(13-16-37)18-27-35-29(30-31(32)33-14-17-38(27)30)24-9-8-23-10-11-25(34-26(23)19-24)22-6-4-3-5-7-22;1-2-32-30(38)36-15-12-20(13-16-36)18-26-35-27(28-29(31)33-14-17-37(26)28)23-9-8-22-10-11-24(34-25(22)19-23)21-6-4-3-5-7-21;1-26(32)14-19(15-26)25-30-22(23-24(27)28-11-12-31(23)25)18-8-7-17-9-10-20(29-21(17)13-18)16-5-3-2-4-6-16;26-24-23-22(29-25(18-12-19(31)13-18)30(23)11-10-27-24)17-7-6-16-8-9-20(28-21(16)14-17)15-4-2-1-3-5-15/h3-11,14,17,19,21H,12-13,15-16,18,20H2,1-2H3,(H2,32,33);3-11,14,17,19-20H,2,12-13,15-16,18H2,1H3,(H2,31,33)(H,32,38);2-13,19,32H,14-15H2,1H3,(H2,27,28);1-11,14,18-19,31H,12-13H2,(H2,26,27). The molecule has 28 heteroatoms. The summed E-state index contributed by atoms with van der Waals surface area (Å²) in [7, 11) is 3.86. The summed E-state index contributed by atoms with van der Waals surface area (Å²) in [5, 5.41) is 27.2. The molecule has 28 nitrogen and oxygen atoms in total. The van der Waals surface area contributed by atoms with E-state index in [2.05, 4.69) is 192 Å². The lowest BCUT2D eigenvalue weighted by Crippen LogP contribution is -2.44. The molecule has 0 unspecified atom stereocenters. The normalized spacial score (nSPS) is 16.7. The highest BCUT2D eigenvalue weighted by Gasteiger charge is 2.42. The number of likely N-dealkylation sites (N-methyl/N-ethyl adjacent to an activating group) is 1. The average Bonchev–Trinajstić information content (AvgIpc) is 1.12. The van der Waals surface area contributed by atoms with Gasteiger partial charge in [-0.05, 0) is 140 Å². The van der Waals surface area contributed by atoms with E-state index in [1.54, 1.807) is 24.8 Å². The van der Waals surface area contributed by atoms with Crippen LogP contribution in [0.5, 0.6) is 0 Å². The number of anilines is 4. The summed E-state index contributed by atoms with van der Waals surface area (Å²) in [6.07, 6.45) is 22.6. The fraction of sp³-hybridized carbons (Fsp3) is 0.232. The maximum atomic E-state index is 12.5. The third-order valence-corrected chi connectivity index (χ3v) is 27.5. The number of imidazole rings is 4. The van der Waals surface area contributed by atoms with E-state index >= 15 is 0 Å². The number of aliphatic hydroxyl groups is 2. The van der Waals surface area contributed by atoms with Gasteiger partial charge in [0.25, 0.3) is 0 Å². The molecule has 0 spiro atoms. The van der Waals surface area contributed by atoms with Crippen LogP contribution in [0, 0.1) is 11.8 Å². The molecular formula is C112H108N24O4. The van der Waals surface area contributed by atoms with Gasteiger partial charge in [-0.3, -0.25) is 22.4 Å². The van der Waals surface area contributed by atoms with E-state index in [9.17, 15) is 19.8 Å². The lowest BCUT2D eigenvalue weighted by Gasteiger charge is -2.40. The van der Waals surface area contributed by atoms with Gasteiger partial charge in [0.2, 0.25) is 5.91 Å². The van der Waals surface area contributed by atoms with Crippen LogP contribution < -0.4 is 28.3 Å². The number of aliphatic hydroxyl groups excluding tert-OH is 1. The number of likely N-dealkylation sites (tertiary alicyclic amines) is 2. The minimum atomic E-state index is -0.629. The Morgan fingerprint density at radius 1 is 0.393 bits per heavy atom. The highest BCUT2D eigenvalue weighted by atomic mass is 16.3. The van der Waals surface area contributed by atoms with E-state index in [0.29, 0.717) is 61.0 Å². The number of piperidine rings is 2. The SMILES string of the molecule is CC1(O)CC(c2nc(-c3ccc4ccc(-c5ccccc5)nc4c3)c3c(N)nccn23)C1.CCNC(=O)N1CCC(Cc2nc(-c3ccc4ccc(-c5ccccc5)nc4c3)c3c(N)nccn23)CC1.CN(C)CC(=O)N1CCC(Cc2nc(-c3ccc4ccc(-c5ccccc5)nc4c3)c3c(N)nccn23)CC1.Nc1nccn2c(C3CC(O)C3)nc(-c3ccc4ccc(-c5ccccc5)nc4c3)c12. The first-order chi connectivity index (χ1) is 68.2. The molecule has 0 bridgehead atoms. The van der Waals surface area contributed by atoms with Crippen molar-refractivity contribution in [2.24, 2.45) is 11.8 Å². The monoisotopic (exact) mass is 1850 g/mol. The third kappa shape index (κ3) is 18.6. The smallest absolute Gasteiger partial charge is 0.317 e. The minimum Gasteiger partial charge on any atom is -0.393 e. The van der Waals surface area contributed by atoms with Crippen LogP contribution in [0.2, 0.25) is 0 Å². The second-order valence-corrected chi connectivity index (χ2v) is 37.6. The minimum absolute atomic E-state index is 0.0266. The molecule has 2 saturated heterocycles. The van der Waals surface area contributed by atoms with Crippen molar-refractivity contribution in [2.45, 2.75) is 102 Å². The van der Waals surface area contributed by atoms with Gasteiger partial charge in [-0.1, -0.05) is 194 Å². The van der Waals surface area contributed by atoms with Gasteiger partial charge in [0.1, 0.15) is 91.4 Å². The van der Waals surface area contributed by atoms with Crippen LogP contribution in [-0.2, 0) is 17.6 Å². The zero-order chi connectivity index (χ0) is 95.8. The molecule has 0 atom stereocenters. The van der Waals surface area contributed by atoms with E-state index in [1.807, 2.05) is 161 Å². The van der Waals surface area contributed by atoms with Crippen LogP contribution in [-0.4, -0.2) is 179 Å². The van der Waals surface area contributed by atoms with Gasteiger partial charge in [-0.25, -0.2) is 64.6 Å². The highest BCUT2D eigenvalue weighted by molar-refractivity contribution is 5.96. The number of urea groups is 1. The third-order valence-electron chi connectivity index (χ3n) is 27.5. The Morgan fingerprint density at radius 2 is 0.700 bits per heavy atom. The molecule has 2 aliphatic heterocycles. The van der Waals surface area contributed by atoms with Gasteiger partial charge in [-0.15, -0.1) is 0 Å². The highest BCUT2D eigenvalue weighted by Crippen LogP contribution is 2.47. The predicted molar refractivity (Wildman–Crippen MR) is 554 cm³/mol. The van der Waals surface area contributed by atoms with E-state index < -0.39 is 5.60 Å². The Bertz CT molecular complexity index is 8000. The van der Waals surface area contributed by atoms with Gasteiger partial charge >= 0.3 is 6.03 Å². The fourth-order valence-electron chi connectivity index (χ4n) is 20.1. The van der Waals surface area contributed by atoms with Gasteiger partial charge in [0.15, 0.2) is 0 Å². The molecule has 24 rings (SSSR count). The molecule has 4 fully saturated rings. The molecule has 140 heavy (non-hydrogen) atoms. The topological polar surface area (TPSA) is 373 Å². The summed E-state index contributed by atoms with van der Waals surface area (Å²) in [6.45, 7) is 8.02. The zero-order valence-corrected chi connectivity index (χ0v) is 78.4. The summed E-state index contributed by atoms with van der Waals surface area (Å²) in [4.78, 5) is 87.8. The number of aromatic nitrogens is 16. The summed E-state index contributed by atoms with van der Waals surface area (Å²) >= 11 is 0. The molecule has 4 aliphatic rings. The van der Waals surface area contributed by atoms with Gasteiger partial charge in [0, 0.05) is 173 Å². The molecular weight excluding hydrogens is 1750 g/mol. The quantitative estimate of drug-likeness (QED) is 0.0445. The second-order valence-electron chi connectivity index (χ2n) is 37.6. The summed E-state index contributed by atoms with van der Waals surface area (Å²) in [6, 6.07) is 82.3. The molecule has 11 N–H and O–H groups in total. The predicted octanol–water partition coefficient (Wildman–Crippen LogP) is 19.0. The van der Waals surface area contributed by atoms with Gasteiger partial charge in [-0.2, -0.15) is 0 Å². The van der Waals surface area contributed by atoms with Gasteiger partial charge in [0.05, 0.1) is 63.1 Å². The number of carbonyl (C=O) groups excluding carboxylic acids is 2. The van der Waals surface area contributed by atoms with Crippen LogP contribution in [0.15, 0.2) is 292 Å². The Hall–Kier alpha value is -16.3. The Balaban J connectivity index is 0.000000111. The van der Waals surface area contributed by atoms with Crippen molar-refractivity contribution < 1.29 is 19.8 Å². The first kappa shape index (κ1) is 90.2. The molecule has 8 aromatic carbocycles. The van der Waals surface area contributed by atoms with E-state index in [1.165, 1.54) is 0 Å². The number of benzene rings is 8. The maximum Gasteiger partial charge on any atom is 0.317 e. The van der Waals surface area contributed by atoms with Crippen LogP contribution in [0.25, 0.3) is 156 Å². The number of fused-ring (bicyclic) bond motifs is 8. The van der Waals surface area contributed by atoms with Gasteiger partial charge < -0.3 is 53.2 Å². The molecule has 12 aromatic heterocycles. The van der Waals surface area contributed by atoms with E-state index in [0.717, 1.165) is 257 Å². The molecule has 700 valence electrons. The van der Waals surface area contributed by atoms with Crippen LogP contribution >= 0.6 is 0 Å². The van der Waals surface area contributed by atoms with Crippen molar-refractivity contribution in [1.29, 1.82) is 0 Å². The van der Waals surface area contributed by atoms with Crippen molar-refractivity contribution in [1.82, 2.24) is 97.4 Å². The van der Waals surface area contributed by atoms with Crippen molar-refractivity contribution >= 4 is 101 Å². The number of rotatable bonds is 17. The number of nitrogens with two attached hydrogens (primary N) is 4. The van der Waals surface area contributed by atoms with Crippen molar-refractivity contribution in [3.8, 4) is 90.1 Å². The molecule has 3 amide bonds. The van der Waals surface area contributed by atoms with Crippen LogP contribution in [0.1, 0.15) is 100 Å². The summed E-state index contributed by atoms with van der Waals surface area (Å²) in [5.41, 5.74) is 46.8. The van der Waals surface area contributed by atoms with Crippen molar-refractivity contribution in [2.75, 3.05) is 76.3 Å². The number of hydrogen-bond donors (Lipinski definition) is 7. The Labute approximate surface area is 808 Å². The second kappa shape index (κ2) is 38.7. The molecule has 0 radical (unpaired) electrons. The lowest BCUT2D eigenvalue weighted by atomic mass is 9.72. The first-order valence-electron chi connectivity index (χ1n) is 47.9. The fourth-order valence-corrected chi connectivity index (χ4v) is 20.1. The summed E-state index contributed by atoms with van der Waals surface area (Å²) < 4.78 is 8.20. The molecule has 20 aromatic rings. The number of nitrogens with zero attached hydrogens (tertiary/aromatic N) is 19. The van der Waals surface area contributed by atoms with Crippen LogP contribution in [0.4, 0.5) is 28.1 Å². The van der Waals surface area contributed by atoms with Crippen molar-refractivity contribution in [3.63, 3.8) is 0 Å². The largest absolute Gasteiger partial charge is 0.393 e. The summed E-state index contributed by atoms with van der Waals surface area (Å²) in [5.74, 6) is 7.10. The lowest BCUT2D eigenvalue weighted by molar-refractivity contribution is -0.133. The first-order valence-corrected chi connectivity index (χ1v) is 47.9. The Kier molecular flexibility index (Phi) is 24.9. The number of hydrogen-bond acceptors (Lipinski definition) is 21. The number of amides is 3. The molecule has 2 saturated carbocycles. The zero-order valence-electron chi connectivity index (χ0n) is 78.4. The van der Waals surface area contributed by atoms with Crippen molar-refractivity contribution in [3.05, 3.63) is 316 Å². The van der Waals surface area contributed by atoms with E-state index in [4.69, 9.17) is 62.8 Å². The molecule has 14 heterocycles. The number of nitrogens with one attached hydrogen (secondary N) is 1. The number of carbonyl (C=O) groups is 2. The number of nitrogen functional groups attached to an aromatic ring is 4. The molecule has 2 aliphatic carbocycles. The average molecular weight is 1850 g/mol.